The predicted molar refractivity (Wildman–Crippen MR) is 165 cm³/mol. The monoisotopic (exact) mass is 596 g/mol. The van der Waals surface area contributed by atoms with E-state index < -0.39 is 0 Å². The number of hydrogen-bond acceptors (Lipinski definition) is 8. The number of rotatable bonds is 10. The third-order valence-electron chi connectivity index (χ3n) is 6.92. The molecule has 2 aliphatic rings. The first-order chi connectivity index (χ1) is 18.5. The number of carbonyl (C=O) groups is 2. The van der Waals surface area contributed by atoms with E-state index in [-0.39, 0.29) is 36.8 Å². The van der Waals surface area contributed by atoms with Crippen LogP contribution in [-0.2, 0) is 31.9 Å². The number of likely N-dealkylation sites (N-methyl/N-ethyl adjacent to an activating group) is 2. The average Bonchev–Trinajstić information content (AvgIpc) is 2.92. The van der Waals surface area contributed by atoms with Gasteiger partial charge in [0, 0.05) is 65.4 Å². The first kappa shape index (κ1) is 35.8. The van der Waals surface area contributed by atoms with Gasteiger partial charge < -0.3 is 19.3 Å². The molecule has 2 fully saturated rings. The predicted octanol–water partition coefficient (Wildman–Crippen LogP) is 2.88. The second kappa shape index (κ2) is 20.6. The summed E-state index contributed by atoms with van der Waals surface area (Å²) in [7, 11) is 4.27. The maximum Gasteiger partial charge on any atom is 0.310 e. The topological polar surface area (TPSA) is 65.6 Å². The Morgan fingerprint density at radius 1 is 0.575 bits per heavy atom. The minimum atomic E-state index is -0.139. The molecule has 2 aliphatic heterocycles. The normalized spacial score (nSPS) is 16.4. The molecule has 0 saturated carbocycles. The van der Waals surface area contributed by atoms with Crippen LogP contribution in [0.25, 0.3) is 0 Å². The lowest BCUT2D eigenvalue weighted by Crippen LogP contribution is -2.45. The summed E-state index contributed by atoms with van der Waals surface area (Å²) < 4.78 is 10.6. The Morgan fingerprint density at radius 3 is 1.23 bits per heavy atom. The van der Waals surface area contributed by atoms with E-state index in [0.717, 1.165) is 76.6 Å². The highest BCUT2D eigenvalue weighted by Gasteiger charge is 2.15. The van der Waals surface area contributed by atoms with Crippen LogP contribution in [0.4, 0.5) is 0 Å². The van der Waals surface area contributed by atoms with Crippen LogP contribution in [0.15, 0.2) is 60.7 Å². The molecule has 4 rings (SSSR count). The molecule has 2 aromatic carbocycles. The van der Waals surface area contributed by atoms with E-state index in [2.05, 4.69) is 33.7 Å². The van der Waals surface area contributed by atoms with Crippen LogP contribution < -0.4 is 0 Å². The zero-order chi connectivity index (χ0) is 27.0. The second-order valence-corrected chi connectivity index (χ2v) is 10.1. The first-order valence-electron chi connectivity index (χ1n) is 13.7. The summed E-state index contributed by atoms with van der Waals surface area (Å²) >= 11 is 0. The summed E-state index contributed by atoms with van der Waals surface area (Å²) in [6.07, 6.45) is 0.729. The van der Waals surface area contributed by atoms with Gasteiger partial charge >= 0.3 is 11.9 Å². The Hall–Kier alpha value is -2.20. The fourth-order valence-corrected chi connectivity index (χ4v) is 4.35. The van der Waals surface area contributed by atoms with Crippen molar-refractivity contribution in [1.29, 1.82) is 0 Å². The number of halogens is 2. The van der Waals surface area contributed by atoms with Crippen LogP contribution in [0.5, 0.6) is 0 Å². The van der Waals surface area contributed by atoms with Gasteiger partial charge in [0.05, 0.1) is 12.8 Å². The highest BCUT2D eigenvalue weighted by atomic mass is 35.5. The largest absolute Gasteiger partial charge is 0.464 e. The van der Waals surface area contributed by atoms with E-state index in [4.69, 9.17) is 9.47 Å². The number of hydrogen-bond donors (Lipinski definition) is 0. The zero-order valence-corrected chi connectivity index (χ0v) is 25.5. The second-order valence-electron chi connectivity index (χ2n) is 10.1. The van der Waals surface area contributed by atoms with Gasteiger partial charge in [-0.1, -0.05) is 60.7 Å². The van der Waals surface area contributed by atoms with Crippen molar-refractivity contribution >= 4 is 36.8 Å². The molecule has 0 atom stereocenters. The van der Waals surface area contributed by atoms with E-state index in [1.807, 2.05) is 60.7 Å². The first-order valence-corrected chi connectivity index (χ1v) is 13.7. The highest BCUT2D eigenvalue weighted by Crippen LogP contribution is 2.03. The standard InChI is InChI=1S/2C15H22N2O2.2ClH/c2*1-16-7-9-17(10-8-16)11-12-19-15(18)13-14-5-3-2-4-6-14;;/h2*2-6H,7-13H2,1H3;2*1H. The minimum Gasteiger partial charge on any atom is -0.464 e. The Bertz CT molecular complexity index is 862. The highest BCUT2D eigenvalue weighted by molar-refractivity contribution is 5.85. The Morgan fingerprint density at radius 2 is 0.900 bits per heavy atom. The van der Waals surface area contributed by atoms with Gasteiger partial charge in [-0.3, -0.25) is 19.4 Å². The van der Waals surface area contributed by atoms with Gasteiger partial charge in [0.25, 0.3) is 0 Å². The van der Waals surface area contributed by atoms with E-state index >= 15 is 0 Å². The van der Waals surface area contributed by atoms with Gasteiger partial charge in [-0.05, 0) is 25.2 Å². The molecule has 2 aromatic rings. The molecule has 0 N–H and O–H groups in total. The van der Waals surface area contributed by atoms with Crippen LogP contribution in [0.2, 0.25) is 0 Å². The van der Waals surface area contributed by atoms with Gasteiger partial charge in [0.15, 0.2) is 0 Å². The van der Waals surface area contributed by atoms with Crippen LogP contribution in [0.3, 0.4) is 0 Å². The van der Waals surface area contributed by atoms with E-state index in [1.54, 1.807) is 0 Å². The van der Waals surface area contributed by atoms with Crippen LogP contribution >= 0.6 is 24.8 Å². The lowest BCUT2D eigenvalue weighted by molar-refractivity contribution is -0.144. The van der Waals surface area contributed by atoms with Crippen molar-refractivity contribution in [2.24, 2.45) is 0 Å². The van der Waals surface area contributed by atoms with Gasteiger partial charge in [-0.25, -0.2) is 0 Å². The molecule has 0 unspecified atom stereocenters. The number of ether oxygens (including phenoxy) is 2. The molecule has 0 aliphatic carbocycles. The molecular weight excluding hydrogens is 551 g/mol. The average molecular weight is 598 g/mol. The van der Waals surface area contributed by atoms with Crippen molar-refractivity contribution in [3.05, 3.63) is 71.8 Å². The van der Waals surface area contributed by atoms with Crippen molar-refractivity contribution in [2.75, 3.05) is 92.8 Å². The molecule has 0 aromatic heterocycles. The van der Waals surface area contributed by atoms with E-state index in [9.17, 15) is 9.59 Å². The maximum atomic E-state index is 11.7. The number of nitrogens with zero attached hydrogens (tertiary/aromatic N) is 4. The minimum absolute atomic E-state index is 0. The van der Waals surface area contributed by atoms with Crippen LogP contribution in [0.1, 0.15) is 11.1 Å². The molecule has 224 valence electrons. The Balaban J connectivity index is 0.000000381. The summed E-state index contributed by atoms with van der Waals surface area (Å²) in [5, 5.41) is 0. The molecule has 40 heavy (non-hydrogen) atoms. The molecule has 0 radical (unpaired) electrons. The summed E-state index contributed by atoms with van der Waals surface area (Å²) in [6, 6.07) is 19.4. The fraction of sp³-hybridized carbons (Fsp3) is 0.533. The Labute approximate surface area is 252 Å². The van der Waals surface area contributed by atoms with Gasteiger partial charge in [0.1, 0.15) is 13.2 Å². The molecule has 0 bridgehead atoms. The fourth-order valence-electron chi connectivity index (χ4n) is 4.35. The van der Waals surface area contributed by atoms with Gasteiger partial charge in [0.2, 0.25) is 0 Å². The van der Waals surface area contributed by atoms with Crippen LogP contribution in [-0.4, -0.2) is 124 Å². The van der Waals surface area contributed by atoms with E-state index in [1.165, 1.54) is 0 Å². The molecule has 8 nitrogen and oxygen atoms in total. The van der Waals surface area contributed by atoms with Gasteiger partial charge in [-0.2, -0.15) is 0 Å². The number of esters is 2. The number of carbonyl (C=O) groups excluding carboxylic acids is 2. The summed E-state index contributed by atoms with van der Waals surface area (Å²) in [6.45, 7) is 11.3. The Kier molecular flexibility index (Phi) is 18.5. The molecule has 2 saturated heterocycles. The van der Waals surface area contributed by atoms with Gasteiger partial charge in [-0.15, -0.1) is 24.8 Å². The molecule has 0 amide bonds. The maximum absolute atomic E-state index is 11.7. The molecule has 2 heterocycles. The lowest BCUT2D eigenvalue weighted by atomic mass is 10.2. The summed E-state index contributed by atoms with van der Waals surface area (Å²) in [4.78, 5) is 32.6. The number of benzene rings is 2. The number of piperazine rings is 2. The zero-order valence-electron chi connectivity index (χ0n) is 23.9. The van der Waals surface area contributed by atoms with Crippen molar-refractivity contribution in [2.45, 2.75) is 12.8 Å². The smallest absolute Gasteiger partial charge is 0.310 e. The lowest BCUT2D eigenvalue weighted by Gasteiger charge is -2.32. The molecular formula is C30H46Cl2N4O4. The van der Waals surface area contributed by atoms with Crippen molar-refractivity contribution < 1.29 is 19.1 Å². The van der Waals surface area contributed by atoms with Crippen LogP contribution in [0, 0.1) is 0 Å². The van der Waals surface area contributed by atoms with Crippen molar-refractivity contribution in [1.82, 2.24) is 19.6 Å². The SMILES string of the molecule is CN1CCN(CCOC(=O)Cc2ccccc2)CC1.CN1CCN(CCOC(=O)Cc2ccccc2)CC1.Cl.Cl. The van der Waals surface area contributed by atoms with E-state index in [0.29, 0.717) is 26.1 Å². The summed E-state index contributed by atoms with van der Waals surface area (Å²) in [5.41, 5.74) is 2.01. The van der Waals surface area contributed by atoms with Crippen molar-refractivity contribution in [3.8, 4) is 0 Å². The quantitative estimate of drug-likeness (QED) is 0.388. The molecule has 0 spiro atoms. The summed E-state index contributed by atoms with van der Waals surface area (Å²) in [5.74, 6) is -0.277. The third-order valence-corrected chi connectivity index (χ3v) is 6.92. The third kappa shape index (κ3) is 15.0. The molecule has 10 heteroatoms. The van der Waals surface area contributed by atoms with Crippen molar-refractivity contribution in [3.63, 3.8) is 0 Å².